The monoisotopic (exact) mass is 302 g/mol. The number of benzene rings is 1. The van der Waals surface area contributed by atoms with E-state index in [9.17, 15) is 4.79 Å². The van der Waals surface area contributed by atoms with E-state index in [4.69, 9.17) is 0 Å². The number of ether oxygens (including phenoxy) is 1. The highest BCUT2D eigenvalue weighted by Crippen LogP contribution is 2.21. The second-order valence-electron chi connectivity index (χ2n) is 2.88. The third kappa shape index (κ3) is 3.14. The van der Waals surface area contributed by atoms with E-state index in [-0.39, 0.29) is 5.97 Å². The van der Waals surface area contributed by atoms with Gasteiger partial charge in [0.2, 0.25) is 0 Å². The van der Waals surface area contributed by atoms with Gasteiger partial charge in [-0.15, -0.1) is 0 Å². The lowest BCUT2D eigenvalue weighted by atomic mass is 10.1. The molecule has 1 rings (SSSR count). The van der Waals surface area contributed by atoms with Crippen LogP contribution in [0.15, 0.2) is 30.3 Å². The van der Waals surface area contributed by atoms with Crippen molar-refractivity contribution in [3.8, 4) is 0 Å². The minimum atomic E-state index is -0.324. The van der Waals surface area contributed by atoms with E-state index >= 15 is 0 Å². The molecule has 0 amide bonds. The van der Waals surface area contributed by atoms with Crippen LogP contribution in [0.4, 0.5) is 0 Å². The molecule has 0 spiro atoms. The summed E-state index contributed by atoms with van der Waals surface area (Å²) in [6, 6.07) is 7.99. The second-order valence-corrected chi connectivity index (χ2v) is 4.04. The fourth-order valence-electron chi connectivity index (χ4n) is 0.959. The summed E-state index contributed by atoms with van der Waals surface area (Å²) in [5.74, 6) is -0.324. The summed E-state index contributed by atoms with van der Waals surface area (Å²) in [4.78, 5) is 11.0. The average molecular weight is 302 g/mol. The van der Waals surface area contributed by atoms with E-state index in [0.29, 0.717) is 0 Å². The number of methoxy groups -OCH3 is 1. The van der Waals surface area contributed by atoms with Gasteiger partial charge >= 0.3 is 5.97 Å². The minimum absolute atomic E-state index is 0.324. The minimum Gasteiger partial charge on any atom is -0.466 e. The molecule has 0 saturated carbocycles. The zero-order chi connectivity index (χ0) is 10.6. The number of rotatable bonds is 2. The molecule has 3 heteroatoms. The lowest BCUT2D eigenvalue weighted by Gasteiger charge is -1.99. The Balaban J connectivity index is 2.89. The molecule has 1 aromatic carbocycles. The molecule has 0 aliphatic carbocycles. The molecule has 0 bridgehead atoms. The molecule has 74 valence electrons. The number of carbonyl (C=O) groups excluding carboxylic acids is 1. The first-order valence-corrected chi connectivity index (χ1v) is 5.23. The number of esters is 1. The Morgan fingerprint density at radius 1 is 1.36 bits per heavy atom. The van der Waals surface area contributed by atoms with Gasteiger partial charge in [-0.05, 0) is 35.1 Å². The van der Waals surface area contributed by atoms with Crippen LogP contribution in [0, 0.1) is 6.92 Å². The Morgan fingerprint density at radius 3 is 2.43 bits per heavy atom. The fourth-order valence-corrected chi connectivity index (χ4v) is 1.57. The van der Waals surface area contributed by atoms with Gasteiger partial charge in [0.25, 0.3) is 0 Å². The Hall–Kier alpha value is -0.840. The maximum Gasteiger partial charge on any atom is 0.331 e. The highest BCUT2D eigenvalue weighted by atomic mass is 127. The van der Waals surface area contributed by atoms with Crippen LogP contribution in [0.3, 0.4) is 0 Å². The maximum absolute atomic E-state index is 11.0. The lowest BCUT2D eigenvalue weighted by molar-refractivity contribution is -0.134. The molecular weight excluding hydrogens is 291 g/mol. The number of hydrogen-bond donors (Lipinski definition) is 0. The van der Waals surface area contributed by atoms with Crippen LogP contribution >= 0.6 is 22.6 Å². The lowest BCUT2D eigenvalue weighted by Crippen LogP contribution is -1.94. The number of halogens is 1. The first kappa shape index (κ1) is 11.2. The molecule has 0 aliphatic heterocycles. The van der Waals surface area contributed by atoms with Gasteiger partial charge in [0.1, 0.15) is 0 Å². The summed E-state index contributed by atoms with van der Waals surface area (Å²) in [5, 5.41) is 0. The molecule has 0 saturated heterocycles. The fraction of sp³-hybridized carbons (Fsp3) is 0.182. The summed E-state index contributed by atoms with van der Waals surface area (Å²) in [6.07, 6.45) is 1.48. The van der Waals surface area contributed by atoms with Crippen LogP contribution in [0.2, 0.25) is 0 Å². The van der Waals surface area contributed by atoms with Crippen molar-refractivity contribution < 1.29 is 9.53 Å². The quantitative estimate of drug-likeness (QED) is 0.477. The van der Waals surface area contributed by atoms with Crippen LogP contribution in [-0.2, 0) is 9.53 Å². The van der Waals surface area contributed by atoms with Crippen molar-refractivity contribution in [3.05, 3.63) is 41.5 Å². The Bertz CT molecular complexity index is 352. The van der Waals surface area contributed by atoms with Crippen molar-refractivity contribution in [1.82, 2.24) is 0 Å². The zero-order valence-electron chi connectivity index (χ0n) is 8.08. The van der Waals surface area contributed by atoms with E-state index in [1.54, 1.807) is 0 Å². The highest BCUT2D eigenvalue weighted by Gasteiger charge is 2.00. The molecule has 0 atom stereocenters. The first-order valence-electron chi connectivity index (χ1n) is 4.15. The van der Waals surface area contributed by atoms with Crippen molar-refractivity contribution in [1.29, 1.82) is 0 Å². The van der Waals surface area contributed by atoms with Gasteiger partial charge < -0.3 is 4.74 Å². The van der Waals surface area contributed by atoms with Gasteiger partial charge in [0, 0.05) is 9.66 Å². The molecule has 0 heterocycles. The molecule has 0 aromatic heterocycles. The van der Waals surface area contributed by atoms with Crippen molar-refractivity contribution in [2.45, 2.75) is 6.92 Å². The van der Waals surface area contributed by atoms with Gasteiger partial charge in [-0.1, -0.05) is 29.8 Å². The molecule has 0 aliphatic rings. The van der Waals surface area contributed by atoms with E-state index in [1.165, 1.54) is 18.7 Å². The number of aryl methyl sites for hydroxylation is 1. The van der Waals surface area contributed by atoms with E-state index in [1.807, 2.05) is 31.2 Å². The zero-order valence-corrected chi connectivity index (χ0v) is 10.2. The van der Waals surface area contributed by atoms with Gasteiger partial charge in [0.05, 0.1) is 7.11 Å². The average Bonchev–Trinajstić information content (AvgIpc) is 2.18. The molecule has 0 fully saturated rings. The SMILES string of the molecule is COC(=O)/C=C(/I)c1ccc(C)cc1. The summed E-state index contributed by atoms with van der Waals surface area (Å²) < 4.78 is 5.43. The molecule has 0 unspecified atom stereocenters. The molecule has 1 aromatic rings. The summed E-state index contributed by atoms with van der Waals surface area (Å²) in [7, 11) is 1.37. The molecule has 14 heavy (non-hydrogen) atoms. The van der Waals surface area contributed by atoms with Gasteiger partial charge in [-0.2, -0.15) is 0 Å². The van der Waals surface area contributed by atoms with E-state index < -0.39 is 0 Å². The maximum atomic E-state index is 11.0. The Kier molecular flexibility index (Phi) is 4.13. The van der Waals surface area contributed by atoms with E-state index in [2.05, 4.69) is 27.3 Å². The number of hydrogen-bond acceptors (Lipinski definition) is 2. The molecule has 0 N–H and O–H groups in total. The van der Waals surface area contributed by atoms with Crippen molar-refractivity contribution in [2.24, 2.45) is 0 Å². The van der Waals surface area contributed by atoms with Crippen molar-refractivity contribution in [3.63, 3.8) is 0 Å². The van der Waals surface area contributed by atoms with Crippen LogP contribution in [-0.4, -0.2) is 13.1 Å². The van der Waals surface area contributed by atoms with Gasteiger partial charge in [-0.25, -0.2) is 4.79 Å². The summed E-state index contributed by atoms with van der Waals surface area (Å²) in [5.41, 5.74) is 2.23. The summed E-state index contributed by atoms with van der Waals surface area (Å²) in [6.45, 7) is 2.03. The first-order chi connectivity index (χ1) is 6.63. The van der Waals surface area contributed by atoms with Crippen LogP contribution in [0.1, 0.15) is 11.1 Å². The van der Waals surface area contributed by atoms with Crippen LogP contribution < -0.4 is 0 Å². The normalized spacial score (nSPS) is 11.2. The molecule has 2 nitrogen and oxygen atoms in total. The van der Waals surface area contributed by atoms with Crippen molar-refractivity contribution >= 4 is 32.1 Å². The smallest absolute Gasteiger partial charge is 0.331 e. The van der Waals surface area contributed by atoms with E-state index in [0.717, 1.165) is 9.14 Å². The topological polar surface area (TPSA) is 26.3 Å². The summed E-state index contributed by atoms with van der Waals surface area (Å²) >= 11 is 2.12. The van der Waals surface area contributed by atoms with Crippen LogP contribution in [0.25, 0.3) is 3.58 Å². The Morgan fingerprint density at radius 2 is 1.93 bits per heavy atom. The van der Waals surface area contributed by atoms with Crippen LogP contribution in [0.5, 0.6) is 0 Å². The molecular formula is C11H11IO2. The Labute approximate surface area is 97.1 Å². The predicted octanol–water partition coefficient (Wildman–Crippen LogP) is 2.94. The number of carbonyl (C=O) groups is 1. The molecule has 0 radical (unpaired) electrons. The third-order valence-corrected chi connectivity index (χ3v) is 2.71. The van der Waals surface area contributed by atoms with Crippen molar-refractivity contribution in [2.75, 3.05) is 7.11 Å². The third-order valence-electron chi connectivity index (χ3n) is 1.77. The van der Waals surface area contributed by atoms with Gasteiger partial charge in [0.15, 0.2) is 0 Å². The second kappa shape index (κ2) is 5.14. The largest absolute Gasteiger partial charge is 0.466 e. The highest BCUT2D eigenvalue weighted by molar-refractivity contribution is 14.1. The standard InChI is InChI=1S/C11H11IO2/c1-8-3-5-9(6-4-8)10(12)7-11(13)14-2/h3-7H,1-2H3/b10-7+. The predicted molar refractivity (Wildman–Crippen MR) is 65.2 cm³/mol. The van der Waals surface area contributed by atoms with Gasteiger partial charge in [-0.3, -0.25) is 0 Å².